The van der Waals surface area contributed by atoms with Gasteiger partial charge in [0, 0.05) is 12.4 Å². The lowest BCUT2D eigenvalue weighted by Gasteiger charge is -1.85. The predicted molar refractivity (Wildman–Crippen MR) is 37.9 cm³/mol. The summed E-state index contributed by atoms with van der Waals surface area (Å²) >= 11 is 1.89. The van der Waals surface area contributed by atoms with Crippen molar-refractivity contribution in [3.8, 4) is 0 Å². The van der Waals surface area contributed by atoms with Crippen LogP contribution in [-0.4, -0.2) is 7.76 Å². The van der Waals surface area contributed by atoms with Crippen LogP contribution in [0.5, 0.6) is 0 Å². The molecule has 0 fully saturated rings. The number of halogens is 1. The molecule has 0 saturated heterocycles. The third-order valence-corrected chi connectivity index (χ3v) is 1.48. The second-order valence-electron chi connectivity index (χ2n) is 1.23. The van der Waals surface area contributed by atoms with Crippen molar-refractivity contribution in [1.29, 1.82) is 0 Å². The van der Waals surface area contributed by atoms with Gasteiger partial charge < -0.3 is 0 Å². The Morgan fingerprint density at radius 3 is 2.88 bits per heavy atom. The summed E-state index contributed by atoms with van der Waals surface area (Å²) in [6, 6.07) is 0. The van der Waals surface area contributed by atoms with Crippen LogP contribution in [0.1, 0.15) is 0 Å². The van der Waals surface area contributed by atoms with Crippen molar-refractivity contribution in [3.63, 3.8) is 0 Å². The van der Waals surface area contributed by atoms with E-state index >= 15 is 0 Å². The van der Waals surface area contributed by atoms with Crippen molar-refractivity contribution >= 4 is 22.9 Å². The molecule has 0 saturated carbocycles. The Hall–Kier alpha value is -0.390. The SMILES string of the molecule is O=c1cnccn1I. The highest BCUT2D eigenvalue weighted by Crippen LogP contribution is 1.81. The standard InChI is InChI=1S/C4H3IN2O/c5-7-2-1-6-3-4(7)8/h1-3H. The average molecular weight is 222 g/mol. The second-order valence-corrected chi connectivity index (χ2v) is 2.27. The molecule has 0 N–H and O–H groups in total. The van der Waals surface area contributed by atoms with Crippen LogP contribution in [0.4, 0.5) is 0 Å². The van der Waals surface area contributed by atoms with Crippen molar-refractivity contribution in [3.05, 3.63) is 28.9 Å². The normalized spacial score (nSPS) is 9.12. The highest BCUT2D eigenvalue weighted by atomic mass is 127. The first-order valence-electron chi connectivity index (χ1n) is 1.99. The largest absolute Gasteiger partial charge is 0.277 e. The van der Waals surface area contributed by atoms with Gasteiger partial charge in [-0.2, -0.15) is 0 Å². The Bertz CT molecular complexity index is 231. The van der Waals surface area contributed by atoms with Crippen LogP contribution in [0, 0.1) is 0 Å². The molecule has 4 heteroatoms. The summed E-state index contributed by atoms with van der Waals surface area (Å²) in [6.45, 7) is 0. The molecule has 0 atom stereocenters. The van der Waals surface area contributed by atoms with Crippen molar-refractivity contribution in [1.82, 2.24) is 7.76 Å². The van der Waals surface area contributed by atoms with Gasteiger partial charge >= 0.3 is 0 Å². The maximum absolute atomic E-state index is 10.5. The van der Waals surface area contributed by atoms with Gasteiger partial charge in [-0.1, -0.05) is 0 Å². The molecule has 8 heavy (non-hydrogen) atoms. The lowest BCUT2D eigenvalue weighted by Crippen LogP contribution is -2.09. The summed E-state index contributed by atoms with van der Waals surface area (Å²) in [7, 11) is 0. The van der Waals surface area contributed by atoms with Crippen molar-refractivity contribution < 1.29 is 0 Å². The van der Waals surface area contributed by atoms with Crippen LogP contribution in [0.25, 0.3) is 0 Å². The van der Waals surface area contributed by atoms with Crippen LogP contribution >= 0.6 is 22.9 Å². The van der Waals surface area contributed by atoms with E-state index in [2.05, 4.69) is 4.98 Å². The fourth-order valence-electron chi connectivity index (χ4n) is 0.332. The van der Waals surface area contributed by atoms with Crippen LogP contribution in [0.15, 0.2) is 23.4 Å². The molecule has 0 bridgehead atoms. The molecule has 1 aromatic heterocycles. The molecule has 0 spiro atoms. The third-order valence-electron chi connectivity index (χ3n) is 0.679. The number of aromatic nitrogens is 2. The average Bonchev–Trinajstić information content (AvgIpc) is 1.77. The summed E-state index contributed by atoms with van der Waals surface area (Å²) in [5.74, 6) is 0. The summed E-state index contributed by atoms with van der Waals surface area (Å²) in [5, 5.41) is 0. The molecule has 0 radical (unpaired) electrons. The Kier molecular flexibility index (Phi) is 1.62. The Morgan fingerprint density at radius 2 is 2.50 bits per heavy atom. The van der Waals surface area contributed by atoms with Gasteiger partial charge in [0.15, 0.2) is 0 Å². The first-order valence-corrected chi connectivity index (χ1v) is 2.96. The van der Waals surface area contributed by atoms with Gasteiger partial charge in [-0.05, 0) is 0 Å². The quantitative estimate of drug-likeness (QED) is 0.597. The van der Waals surface area contributed by atoms with Crippen molar-refractivity contribution in [2.75, 3.05) is 0 Å². The maximum atomic E-state index is 10.5. The van der Waals surface area contributed by atoms with Gasteiger partial charge in [-0.3, -0.25) is 12.6 Å². The minimum absolute atomic E-state index is 0.0897. The van der Waals surface area contributed by atoms with Gasteiger partial charge in [-0.25, -0.2) is 0 Å². The fourth-order valence-corrected chi connectivity index (χ4v) is 0.601. The fraction of sp³-hybridized carbons (Fsp3) is 0. The number of hydrogen-bond acceptors (Lipinski definition) is 2. The minimum atomic E-state index is -0.0897. The smallest absolute Gasteiger partial charge is 0.267 e. The molecule has 1 rings (SSSR count). The monoisotopic (exact) mass is 222 g/mol. The Balaban J connectivity index is 3.35. The molecule has 3 nitrogen and oxygen atoms in total. The third kappa shape index (κ3) is 1.06. The summed E-state index contributed by atoms with van der Waals surface area (Å²) in [6.07, 6.45) is 4.43. The van der Waals surface area contributed by atoms with Gasteiger partial charge in [0.25, 0.3) is 5.56 Å². The zero-order valence-corrected chi connectivity index (χ0v) is 6.07. The zero-order valence-electron chi connectivity index (χ0n) is 3.91. The van der Waals surface area contributed by atoms with E-state index < -0.39 is 0 Å². The van der Waals surface area contributed by atoms with Crippen LogP contribution in [0.2, 0.25) is 0 Å². The molecule has 0 aromatic carbocycles. The molecule has 1 aromatic rings. The highest BCUT2D eigenvalue weighted by molar-refractivity contribution is 14.1. The maximum Gasteiger partial charge on any atom is 0.277 e. The van der Waals surface area contributed by atoms with E-state index in [0.717, 1.165) is 0 Å². The van der Waals surface area contributed by atoms with Gasteiger partial charge in [-0.15, -0.1) is 0 Å². The van der Waals surface area contributed by atoms with E-state index in [4.69, 9.17) is 0 Å². The molecule has 0 aliphatic carbocycles. The Morgan fingerprint density at radius 1 is 1.75 bits per heavy atom. The Labute approximate surface area is 59.9 Å². The molecular weight excluding hydrogens is 219 g/mol. The van der Waals surface area contributed by atoms with Crippen LogP contribution < -0.4 is 5.56 Å². The van der Waals surface area contributed by atoms with E-state index in [1.807, 2.05) is 22.9 Å². The van der Waals surface area contributed by atoms with E-state index in [1.54, 1.807) is 12.4 Å². The van der Waals surface area contributed by atoms with E-state index in [0.29, 0.717) is 0 Å². The number of rotatable bonds is 0. The molecule has 0 aliphatic heterocycles. The zero-order chi connectivity index (χ0) is 5.98. The predicted octanol–water partition coefficient (Wildman–Crippen LogP) is 0.441. The topological polar surface area (TPSA) is 34.9 Å². The molecule has 0 amide bonds. The van der Waals surface area contributed by atoms with Crippen molar-refractivity contribution in [2.24, 2.45) is 0 Å². The second kappa shape index (κ2) is 2.25. The first-order chi connectivity index (χ1) is 3.80. The summed E-state index contributed by atoms with van der Waals surface area (Å²) in [5.41, 5.74) is -0.0897. The van der Waals surface area contributed by atoms with Crippen molar-refractivity contribution in [2.45, 2.75) is 0 Å². The number of hydrogen-bond donors (Lipinski definition) is 0. The molecular formula is C4H3IN2O. The molecule has 42 valence electrons. The van der Waals surface area contributed by atoms with Crippen LogP contribution in [0.3, 0.4) is 0 Å². The van der Waals surface area contributed by atoms with E-state index in [-0.39, 0.29) is 5.56 Å². The first kappa shape index (κ1) is 5.74. The van der Waals surface area contributed by atoms with Crippen LogP contribution in [-0.2, 0) is 0 Å². The lowest BCUT2D eigenvalue weighted by atomic mass is 10.8. The molecule has 0 aliphatic rings. The minimum Gasteiger partial charge on any atom is -0.267 e. The van der Waals surface area contributed by atoms with Gasteiger partial charge in [0.1, 0.15) is 0 Å². The van der Waals surface area contributed by atoms with Gasteiger partial charge in [0.05, 0.1) is 29.1 Å². The summed E-state index contributed by atoms with van der Waals surface area (Å²) < 4.78 is 1.44. The summed E-state index contributed by atoms with van der Waals surface area (Å²) in [4.78, 5) is 14.1. The highest BCUT2D eigenvalue weighted by Gasteiger charge is 1.82. The van der Waals surface area contributed by atoms with E-state index in [1.165, 1.54) is 8.98 Å². The number of nitrogens with zero attached hydrogens (tertiary/aromatic N) is 2. The molecule has 1 heterocycles. The van der Waals surface area contributed by atoms with Gasteiger partial charge in [0.2, 0.25) is 0 Å². The van der Waals surface area contributed by atoms with E-state index in [9.17, 15) is 4.79 Å². The lowest BCUT2D eigenvalue weighted by molar-refractivity contribution is 1.11. The molecule has 0 unspecified atom stereocenters.